The van der Waals surface area contributed by atoms with E-state index >= 15 is 0 Å². The molecule has 8 nitrogen and oxygen atoms in total. The second-order valence-corrected chi connectivity index (χ2v) is 5.59. The maximum atomic E-state index is 11.8. The van der Waals surface area contributed by atoms with Crippen LogP contribution in [0.4, 0.5) is 4.79 Å². The van der Waals surface area contributed by atoms with Crippen LogP contribution in [-0.2, 0) is 9.59 Å². The van der Waals surface area contributed by atoms with E-state index in [0.717, 1.165) is 0 Å². The Kier molecular flexibility index (Phi) is 6.91. The quantitative estimate of drug-likeness (QED) is 0.355. The Bertz CT molecular complexity index is 653. The summed E-state index contributed by atoms with van der Waals surface area (Å²) in [4.78, 5) is 34.1. The number of carbonyl (C=O) groups is 3. The summed E-state index contributed by atoms with van der Waals surface area (Å²) in [5, 5.41) is 3.63. The first kappa shape index (κ1) is 19.1. The van der Waals surface area contributed by atoms with Crippen LogP contribution in [0.25, 0.3) is 0 Å². The molecule has 8 heteroatoms. The Morgan fingerprint density at radius 3 is 2.21 bits per heavy atom. The van der Waals surface area contributed by atoms with E-state index in [0.29, 0.717) is 5.56 Å². The zero-order valence-electron chi connectivity index (χ0n) is 14.0. The lowest BCUT2D eigenvalue weighted by molar-refractivity contribution is -0.138. The molecule has 24 heavy (non-hydrogen) atoms. The molecule has 2 amide bonds. The van der Waals surface area contributed by atoms with Gasteiger partial charge in [0, 0.05) is 5.56 Å². The highest BCUT2D eigenvalue weighted by Crippen LogP contribution is 2.24. The van der Waals surface area contributed by atoms with E-state index in [4.69, 9.17) is 15.2 Å². The van der Waals surface area contributed by atoms with E-state index in [2.05, 4.69) is 5.10 Å². The number of primary amides is 1. The summed E-state index contributed by atoms with van der Waals surface area (Å²) in [5.74, 6) is -0.972. The molecule has 1 aromatic carbocycles. The van der Waals surface area contributed by atoms with Crippen LogP contribution >= 0.6 is 0 Å². The van der Waals surface area contributed by atoms with Crippen LogP contribution in [0, 0.1) is 11.8 Å². The zero-order valence-corrected chi connectivity index (χ0v) is 14.0. The number of carbonyl (C=O) groups excluding carboxylic acids is 3. The topological polar surface area (TPSA) is 120 Å². The van der Waals surface area contributed by atoms with Crippen LogP contribution in [0.1, 0.15) is 33.3 Å². The second kappa shape index (κ2) is 8.66. The molecule has 0 bridgehead atoms. The van der Waals surface area contributed by atoms with Gasteiger partial charge in [-0.25, -0.2) is 10.2 Å². The Balaban J connectivity index is 3.08. The Morgan fingerprint density at radius 1 is 1.08 bits per heavy atom. The zero-order chi connectivity index (χ0) is 18.3. The van der Waals surface area contributed by atoms with Crippen LogP contribution in [0.15, 0.2) is 23.3 Å². The lowest BCUT2D eigenvalue weighted by Gasteiger charge is -2.12. The van der Waals surface area contributed by atoms with Gasteiger partial charge in [-0.1, -0.05) is 27.7 Å². The first-order chi connectivity index (χ1) is 11.2. The Hall–Kier alpha value is -2.90. The summed E-state index contributed by atoms with van der Waals surface area (Å²) in [6, 6.07) is 3.61. The second-order valence-electron chi connectivity index (χ2n) is 5.59. The molecule has 1 aromatic rings. The summed E-state index contributed by atoms with van der Waals surface area (Å²) in [6.07, 6.45) is 1.24. The smallest absolute Gasteiger partial charge is 0.332 e. The van der Waals surface area contributed by atoms with Crippen molar-refractivity contribution in [3.63, 3.8) is 0 Å². The van der Waals surface area contributed by atoms with E-state index in [9.17, 15) is 14.4 Å². The summed E-state index contributed by atoms with van der Waals surface area (Å²) >= 11 is 0. The number of nitrogens with one attached hydrogen (secondary N) is 1. The van der Waals surface area contributed by atoms with Crippen LogP contribution in [-0.4, -0.2) is 24.2 Å². The molecular weight excluding hydrogens is 314 g/mol. The number of amides is 2. The number of ether oxygens (including phenoxy) is 2. The van der Waals surface area contributed by atoms with E-state index in [1.807, 2.05) is 5.43 Å². The van der Waals surface area contributed by atoms with Gasteiger partial charge in [-0.2, -0.15) is 5.10 Å². The molecule has 0 heterocycles. The largest absolute Gasteiger partial charge is 0.426 e. The normalized spacial score (nSPS) is 10.9. The van der Waals surface area contributed by atoms with Crippen LogP contribution < -0.4 is 20.6 Å². The van der Waals surface area contributed by atoms with Crippen molar-refractivity contribution in [3.8, 4) is 11.5 Å². The Morgan fingerprint density at radius 2 is 1.67 bits per heavy atom. The highest BCUT2D eigenvalue weighted by Gasteiger charge is 2.15. The third-order valence-electron chi connectivity index (χ3n) is 2.73. The van der Waals surface area contributed by atoms with Gasteiger partial charge >= 0.3 is 18.0 Å². The minimum absolute atomic E-state index is 0.216. The molecule has 0 unspecified atom stereocenters. The van der Waals surface area contributed by atoms with Crippen molar-refractivity contribution in [2.75, 3.05) is 0 Å². The fourth-order valence-corrected chi connectivity index (χ4v) is 1.41. The number of urea groups is 1. The number of nitrogens with zero attached hydrogens (tertiary/aromatic N) is 1. The molecule has 0 spiro atoms. The SMILES string of the molecule is CC(C)C(=O)Oc1ccc(OC(=O)C(C)C)c(/C=N/NC(N)=O)c1. The molecule has 3 N–H and O–H groups in total. The monoisotopic (exact) mass is 335 g/mol. The third kappa shape index (κ3) is 6.07. The van der Waals surface area contributed by atoms with Crippen LogP contribution in [0.3, 0.4) is 0 Å². The van der Waals surface area contributed by atoms with Crippen molar-refractivity contribution in [2.45, 2.75) is 27.7 Å². The molecule has 0 aromatic heterocycles. The van der Waals surface area contributed by atoms with Crippen molar-refractivity contribution >= 4 is 24.2 Å². The summed E-state index contributed by atoms with van der Waals surface area (Å²) in [6.45, 7) is 6.81. The van der Waals surface area contributed by atoms with Gasteiger partial charge in [0.2, 0.25) is 0 Å². The number of hydrazone groups is 1. The molecule has 0 fully saturated rings. The number of hydrogen-bond donors (Lipinski definition) is 2. The first-order valence-corrected chi connectivity index (χ1v) is 7.36. The van der Waals surface area contributed by atoms with Gasteiger partial charge in [0.1, 0.15) is 11.5 Å². The number of nitrogens with two attached hydrogens (primary N) is 1. The van der Waals surface area contributed by atoms with Crippen LogP contribution in [0.2, 0.25) is 0 Å². The highest BCUT2D eigenvalue weighted by atomic mass is 16.5. The summed E-state index contributed by atoms with van der Waals surface area (Å²) in [7, 11) is 0. The third-order valence-corrected chi connectivity index (χ3v) is 2.73. The van der Waals surface area contributed by atoms with E-state index in [1.54, 1.807) is 27.7 Å². The van der Waals surface area contributed by atoms with E-state index < -0.39 is 18.0 Å². The van der Waals surface area contributed by atoms with Gasteiger partial charge in [0.05, 0.1) is 18.1 Å². The van der Waals surface area contributed by atoms with Crippen LogP contribution in [0.5, 0.6) is 11.5 Å². The molecule has 0 aliphatic carbocycles. The van der Waals surface area contributed by atoms with Gasteiger partial charge < -0.3 is 15.2 Å². The van der Waals surface area contributed by atoms with Crippen molar-refractivity contribution in [1.82, 2.24) is 5.43 Å². The maximum Gasteiger partial charge on any atom is 0.332 e. The lowest BCUT2D eigenvalue weighted by Crippen LogP contribution is -2.24. The molecule has 0 radical (unpaired) electrons. The molecule has 0 aliphatic rings. The van der Waals surface area contributed by atoms with Crippen molar-refractivity contribution in [3.05, 3.63) is 23.8 Å². The fraction of sp³-hybridized carbons (Fsp3) is 0.375. The molecular formula is C16H21N3O5. The number of esters is 2. The number of hydrogen-bond acceptors (Lipinski definition) is 6. The minimum Gasteiger partial charge on any atom is -0.426 e. The first-order valence-electron chi connectivity index (χ1n) is 7.36. The molecule has 0 saturated heterocycles. The number of benzene rings is 1. The molecule has 0 atom stereocenters. The summed E-state index contributed by atoms with van der Waals surface area (Å²) in [5.41, 5.74) is 7.30. The van der Waals surface area contributed by atoms with Crippen molar-refractivity contribution in [2.24, 2.45) is 22.7 Å². The van der Waals surface area contributed by atoms with Gasteiger partial charge in [0.25, 0.3) is 0 Å². The lowest BCUT2D eigenvalue weighted by atomic mass is 10.2. The summed E-state index contributed by atoms with van der Waals surface area (Å²) < 4.78 is 10.5. The minimum atomic E-state index is -0.839. The maximum absolute atomic E-state index is 11.8. The Labute approximate surface area is 140 Å². The van der Waals surface area contributed by atoms with Crippen molar-refractivity contribution in [1.29, 1.82) is 0 Å². The van der Waals surface area contributed by atoms with E-state index in [-0.39, 0.29) is 23.3 Å². The average molecular weight is 335 g/mol. The van der Waals surface area contributed by atoms with Gasteiger partial charge in [-0.3, -0.25) is 9.59 Å². The number of rotatable bonds is 6. The fourth-order valence-electron chi connectivity index (χ4n) is 1.41. The van der Waals surface area contributed by atoms with Gasteiger partial charge in [-0.05, 0) is 18.2 Å². The highest BCUT2D eigenvalue weighted by molar-refractivity contribution is 5.87. The average Bonchev–Trinajstić information content (AvgIpc) is 2.48. The standard InChI is InChI=1S/C16H21N3O5/c1-9(2)14(20)23-12-5-6-13(24-15(21)10(3)4)11(7-12)8-18-19-16(17)22/h5-10H,1-4H3,(H3,17,19,22)/b18-8+. The molecule has 0 aliphatic heterocycles. The molecule has 130 valence electrons. The van der Waals surface area contributed by atoms with Gasteiger partial charge in [0.15, 0.2) is 0 Å². The molecule has 1 rings (SSSR count). The predicted octanol–water partition coefficient (Wildman–Crippen LogP) is 1.81. The predicted molar refractivity (Wildman–Crippen MR) is 87.7 cm³/mol. The van der Waals surface area contributed by atoms with E-state index in [1.165, 1.54) is 24.4 Å². The molecule has 0 saturated carbocycles. The van der Waals surface area contributed by atoms with Crippen molar-refractivity contribution < 1.29 is 23.9 Å². The van der Waals surface area contributed by atoms with Gasteiger partial charge in [-0.15, -0.1) is 0 Å².